The maximum absolute atomic E-state index is 2.36. The smallest absolute Gasteiger partial charge is 0.0297 e. The predicted molar refractivity (Wildman–Crippen MR) is 48.1 cm³/mol. The maximum Gasteiger partial charge on any atom is -0.0297 e. The van der Waals surface area contributed by atoms with E-state index in [1.165, 1.54) is 19.3 Å². The minimum absolute atomic E-state index is 0.944. The molecule has 1 unspecified atom stereocenters. The maximum atomic E-state index is 2.36. The molecule has 0 heterocycles. The van der Waals surface area contributed by atoms with Crippen molar-refractivity contribution in [3.8, 4) is 0 Å². The Labute approximate surface area is 65.3 Å². The fourth-order valence-corrected chi connectivity index (χ4v) is 1.35. The summed E-state index contributed by atoms with van der Waals surface area (Å²) in [5.41, 5.74) is 1.59. The zero-order valence-corrected chi connectivity index (χ0v) is 7.78. The average Bonchev–Trinajstić information content (AvgIpc) is 1.91. The highest BCUT2D eigenvalue weighted by molar-refractivity contribution is 5.02. The van der Waals surface area contributed by atoms with Crippen molar-refractivity contribution in [1.82, 2.24) is 0 Å². The standard InChI is InChI=1S/C8H14.C2H6/c1-7-4-3-5-8(2)6-7;1-2/h4,8H,3,5-6H2,1-2H3;1-2H3. The van der Waals surface area contributed by atoms with Crippen molar-refractivity contribution in [2.24, 2.45) is 5.92 Å². The topological polar surface area (TPSA) is 0 Å². The van der Waals surface area contributed by atoms with Gasteiger partial charge in [-0.2, -0.15) is 0 Å². The molecule has 0 nitrogen and oxygen atoms in total. The van der Waals surface area contributed by atoms with E-state index in [2.05, 4.69) is 19.9 Å². The zero-order chi connectivity index (χ0) is 7.98. The van der Waals surface area contributed by atoms with Gasteiger partial charge < -0.3 is 0 Å². The van der Waals surface area contributed by atoms with Crippen molar-refractivity contribution in [2.45, 2.75) is 47.0 Å². The molecule has 10 heavy (non-hydrogen) atoms. The molecule has 0 saturated heterocycles. The first-order chi connectivity index (χ1) is 4.79. The van der Waals surface area contributed by atoms with Gasteiger partial charge in [0, 0.05) is 0 Å². The molecule has 0 radical (unpaired) electrons. The highest BCUT2D eigenvalue weighted by Gasteiger charge is 2.05. The van der Waals surface area contributed by atoms with Crippen molar-refractivity contribution in [3.63, 3.8) is 0 Å². The lowest BCUT2D eigenvalue weighted by atomic mass is 9.91. The third kappa shape index (κ3) is 3.71. The summed E-state index contributed by atoms with van der Waals surface area (Å²) in [4.78, 5) is 0. The molecule has 0 fully saturated rings. The van der Waals surface area contributed by atoms with Crippen molar-refractivity contribution >= 4 is 0 Å². The van der Waals surface area contributed by atoms with Gasteiger partial charge in [0.1, 0.15) is 0 Å². The quantitative estimate of drug-likeness (QED) is 0.449. The van der Waals surface area contributed by atoms with Gasteiger partial charge in [0.15, 0.2) is 0 Å². The summed E-state index contributed by atoms with van der Waals surface area (Å²) in [5.74, 6) is 0.944. The summed E-state index contributed by atoms with van der Waals surface area (Å²) in [7, 11) is 0. The summed E-state index contributed by atoms with van der Waals surface area (Å²) >= 11 is 0. The van der Waals surface area contributed by atoms with Gasteiger partial charge in [-0.1, -0.05) is 32.4 Å². The predicted octanol–water partition coefficient (Wildman–Crippen LogP) is 3.78. The normalized spacial score (nSPS) is 24.4. The zero-order valence-electron chi connectivity index (χ0n) is 7.78. The molecule has 0 aliphatic heterocycles. The van der Waals surface area contributed by atoms with E-state index in [1.54, 1.807) is 5.57 Å². The Morgan fingerprint density at radius 2 is 2.00 bits per heavy atom. The Morgan fingerprint density at radius 1 is 1.40 bits per heavy atom. The molecular weight excluding hydrogens is 120 g/mol. The lowest BCUT2D eigenvalue weighted by molar-refractivity contribution is 0.510. The van der Waals surface area contributed by atoms with Crippen molar-refractivity contribution in [1.29, 1.82) is 0 Å². The molecule has 1 atom stereocenters. The molecule has 0 aromatic heterocycles. The fourth-order valence-electron chi connectivity index (χ4n) is 1.35. The molecule has 0 bridgehead atoms. The molecular formula is C10H20. The molecule has 0 saturated carbocycles. The average molecular weight is 140 g/mol. The second kappa shape index (κ2) is 5.52. The second-order valence-corrected chi connectivity index (χ2v) is 2.94. The van der Waals surface area contributed by atoms with E-state index in [-0.39, 0.29) is 0 Å². The van der Waals surface area contributed by atoms with E-state index in [1.807, 2.05) is 13.8 Å². The van der Waals surface area contributed by atoms with Gasteiger partial charge in [-0.05, 0) is 32.1 Å². The number of rotatable bonds is 0. The van der Waals surface area contributed by atoms with Crippen LogP contribution in [0.4, 0.5) is 0 Å². The van der Waals surface area contributed by atoms with Gasteiger partial charge in [-0.15, -0.1) is 0 Å². The molecule has 60 valence electrons. The van der Waals surface area contributed by atoms with Crippen LogP contribution in [0.1, 0.15) is 47.0 Å². The molecule has 0 N–H and O–H groups in total. The van der Waals surface area contributed by atoms with Crippen LogP contribution in [0, 0.1) is 5.92 Å². The summed E-state index contributed by atoms with van der Waals surface area (Å²) in [5, 5.41) is 0. The van der Waals surface area contributed by atoms with Crippen LogP contribution in [-0.4, -0.2) is 0 Å². The van der Waals surface area contributed by atoms with E-state index >= 15 is 0 Å². The summed E-state index contributed by atoms with van der Waals surface area (Å²) in [6.45, 7) is 8.56. The van der Waals surface area contributed by atoms with Crippen LogP contribution < -0.4 is 0 Å². The lowest BCUT2D eigenvalue weighted by Gasteiger charge is -2.15. The monoisotopic (exact) mass is 140 g/mol. The van der Waals surface area contributed by atoms with Crippen molar-refractivity contribution in [3.05, 3.63) is 11.6 Å². The van der Waals surface area contributed by atoms with Gasteiger partial charge in [-0.25, -0.2) is 0 Å². The van der Waals surface area contributed by atoms with Gasteiger partial charge in [0.2, 0.25) is 0 Å². The molecule has 1 rings (SSSR count). The van der Waals surface area contributed by atoms with E-state index in [4.69, 9.17) is 0 Å². The van der Waals surface area contributed by atoms with Crippen LogP contribution in [0.2, 0.25) is 0 Å². The van der Waals surface area contributed by atoms with E-state index in [0.29, 0.717) is 0 Å². The number of hydrogen-bond acceptors (Lipinski definition) is 0. The van der Waals surface area contributed by atoms with Crippen LogP contribution >= 0.6 is 0 Å². The fraction of sp³-hybridized carbons (Fsp3) is 0.800. The van der Waals surface area contributed by atoms with Crippen LogP contribution in [0.25, 0.3) is 0 Å². The van der Waals surface area contributed by atoms with E-state index < -0.39 is 0 Å². The van der Waals surface area contributed by atoms with Gasteiger partial charge in [0.05, 0.1) is 0 Å². The van der Waals surface area contributed by atoms with Gasteiger partial charge in [-0.3, -0.25) is 0 Å². The largest absolute Gasteiger partial charge is 0.0856 e. The first-order valence-corrected chi connectivity index (χ1v) is 4.44. The first-order valence-electron chi connectivity index (χ1n) is 4.44. The lowest BCUT2D eigenvalue weighted by Crippen LogP contribution is -1.99. The van der Waals surface area contributed by atoms with Crippen LogP contribution in [-0.2, 0) is 0 Å². The second-order valence-electron chi connectivity index (χ2n) is 2.94. The highest BCUT2D eigenvalue weighted by Crippen LogP contribution is 2.22. The molecule has 1 aliphatic carbocycles. The Bertz CT molecular complexity index is 101. The Balaban J connectivity index is 0.000000371. The van der Waals surface area contributed by atoms with Crippen molar-refractivity contribution in [2.75, 3.05) is 0 Å². The molecule has 0 amide bonds. The first kappa shape index (κ1) is 9.74. The minimum Gasteiger partial charge on any atom is -0.0856 e. The molecule has 0 aromatic carbocycles. The molecule has 1 aliphatic rings. The Morgan fingerprint density at radius 3 is 2.30 bits per heavy atom. The van der Waals surface area contributed by atoms with E-state index in [9.17, 15) is 0 Å². The van der Waals surface area contributed by atoms with Gasteiger partial charge in [0.25, 0.3) is 0 Å². The Hall–Kier alpha value is -0.260. The highest BCUT2D eigenvalue weighted by atomic mass is 14.1. The van der Waals surface area contributed by atoms with Crippen LogP contribution in [0.5, 0.6) is 0 Å². The third-order valence-corrected chi connectivity index (χ3v) is 1.82. The minimum atomic E-state index is 0.944. The summed E-state index contributed by atoms with van der Waals surface area (Å²) in [6.07, 6.45) is 6.41. The SMILES string of the molecule is CC.CC1=CCCC(C)C1. The van der Waals surface area contributed by atoms with E-state index in [0.717, 1.165) is 5.92 Å². The number of allylic oxidation sites excluding steroid dienone is 2. The van der Waals surface area contributed by atoms with Crippen molar-refractivity contribution < 1.29 is 0 Å². The molecule has 0 spiro atoms. The Kier molecular flexibility index (Phi) is 5.38. The summed E-state index contributed by atoms with van der Waals surface area (Å²) in [6, 6.07) is 0. The van der Waals surface area contributed by atoms with Crippen LogP contribution in [0.3, 0.4) is 0 Å². The summed E-state index contributed by atoms with van der Waals surface area (Å²) < 4.78 is 0. The van der Waals surface area contributed by atoms with Gasteiger partial charge >= 0.3 is 0 Å². The third-order valence-electron chi connectivity index (χ3n) is 1.82. The van der Waals surface area contributed by atoms with Crippen LogP contribution in [0.15, 0.2) is 11.6 Å². The number of hydrogen-bond donors (Lipinski definition) is 0. The molecule has 0 heteroatoms. The molecule has 0 aromatic rings.